The van der Waals surface area contributed by atoms with Crippen molar-refractivity contribution in [3.8, 4) is 0 Å². The summed E-state index contributed by atoms with van der Waals surface area (Å²) in [6.07, 6.45) is 3.92. The average molecular weight is 400 g/mol. The van der Waals surface area contributed by atoms with E-state index in [2.05, 4.69) is 16.9 Å². The maximum atomic E-state index is 12.8. The number of nitrogens with zero attached hydrogens (tertiary/aromatic N) is 3. The molecule has 2 aromatic rings. The molecule has 9 heteroatoms. The van der Waals surface area contributed by atoms with Gasteiger partial charge in [-0.05, 0) is 24.3 Å². The van der Waals surface area contributed by atoms with Crippen molar-refractivity contribution in [3.05, 3.63) is 17.8 Å². The minimum absolute atomic E-state index is 0.0103. The molecular formula is C16H21N3O3S3. The van der Waals surface area contributed by atoms with Gasteiger partial charge in [-0.3, -0.25) is 4.79 Å². The highest BCUT2D eigenvalue weighted by Crippen LogP contribution is 2.29. The smallest absolute Gasteiger partial charge is 0.233 e. The molecule has 0 bridgehead atoms. The van der Waals surface area contributed by atoms with Crippen LogP contribution in [0, 0.1) is 0 Å². The van der Waals surface area contributed by atoms with E-state index < -0.39 is 9.84 Å². The summed E-state index contributed by atoms with van der Waals surface area (Å²) in [7, 11) is -3.01. The molecule has 1 atom stereocenters. The van der Waals surface area contributed by atoms with Crippen molar-refractivity contribution in [2.24, 2.45) is 0 Å². The molecule has 3 rings (SSSR count). The zero-order chi connectivity index (χ0) is 17.9. The maximum absolute atomic E-state index is 12.8. The van der Waals surface area contributed by atoms with Crippen molar-refractivity contribution >= 4 is 49.1 Å². The number of unbranched alkanes of at least 4 members (excludes halogenated alkanes) is 1. The Morgan fingerprint density at radius 2 is 2.28 bits per heavy atom. The summed E-state index contributed by atoms with van der Waals surface area (Å²) in [6.45, 7) is 2.69. The van der Waals surface area contributed by atoms with Crippen LogP contribution in [-0.2, 0) is 14.6 Å². The second-order valence-corrected chi connectivity index (χ2v) is 10.2. The summed E-state index contributed by atoms with van der Waals surface area (Å²) in [5.41, 5.74) is 0.889. The molecular weight excluding hydrogens is 378 g/mol. The van der Waals surface area contributed by atoms with Gasteiger partial charge < -0.3 is 4.90 Å². The van der Waals surface area contributed by atoms with Crippen LogP contribution < -0.4 is 0 Å². The van der Waals surface area contributed by atoms with Gasteiger partial charge in [0.05, 0.1) is 27.5 Å². The lowest BCUT2D eigenvalue weighted by Gasteiger charge is -2.28. The minimum atomic E-state index is -3.01. The number of aromatic nitrogens is 2. The van der Waals surface area contributed by atoms with Crippen LogP contribution in [0.2, 0.25) is 0 Å². The molecule has 0 aromatic carbocycles. The van der Waals surface area contributed by atoms with E-state index in [0.717, 1.165) is 28.1 Å². The van der Waals surface area contributed by atoms with Gasteiger partial charge in [-0.1, -0.05) is 25.1 Å². The predicted octanol–water partition coefficient (Wildman–Crippen LogP) is 2.60. The van der Waals surface area contributed by atoms with E-state index in [-0.39, 0.29) is 29.2 Å². The zero-order valence-corrected chi connectivity index (χ0v) is 16.5. The second kappa shape index (κ2) is 8.01. The highest BCUT2D eigenvalue weighted by molar-refractivity contribution is 8.00. The van der Waals surface area contributed by atoms with E-state index in [1.165, 1.54) is 18.1 Å². The number of sulfone groups is 1. The third-order valence-corrected chi connectivity index (χ3v) is 8.03. The molecule has 25 heavy (non-hydrogen) atoms. The summed E-state index contributed by atoms with van der Waals surface area (Å²) in [6, 6.07) is 1.75. The van der Waals surface area contributed by atoms with E-state index in [1.807, 2.05) is 11.4 Å². The maximum Gasteiger partial charge on any atom is 0.233 e. The lowest BCUT2D eigenvalue weighted by atomic mass is 10.2. The predicted molar refractivity (Wildman–Crippen MR) is 102 cm³/mol. The Hall–Kier alpha value is -1.19. The Kier molecular flexibility index (Phi) is 5.96. The van der Waals surface area contributed by atoms with Gasteiger partial charge in [-0.25, -0.2) is 18.4 Å². The standard InChI is InChI=1S/C16H21N3O3S3/c1-2-3-6-19(12-5-8-25(21,22)10-12)14(20)9-24-16-15-13(4-7-23-15)17-11-18-16/h4,7,11-12H,2-3,5-6,8-10H2,1H3. The van der Waals surface area contributed by atoms with Crippen molar-refractivity contribution in [2.45, 2.75) is 37.3 Å². The van der Waals surface area contributed by atoms with E-state index in [9.17, 15) is 13.2 Å². The second-order valence-electron chi connectivity index (χ2n) is 6.10. The van der Waals surface area contributed by atoms with Gasteiger partial charge in [-0.15, -0.1) is 11.3 Å². The summed E-state index contributed by atoms with van der Waals surface area (Å²) in [5, 5.41) is 2.77. The molecule has 1 amide bonds. The highest BCUT2D eigenvalue weighted by Gasteiger charge is 2.34. The Balaban J connectivity index is 1.68. The van der Waals surface area contributed by atoms with Crippen LogP contribution in [0.4, 0.5) is 0 Å². The summed E-state index contributed by atoms with van der Waals surface area (Å²) in [5.74, 6) is 0.534. The van der Waals surface area contributed by atoms with Crippen molar-refractivity contribution in [1.29, 1.82) is 0 Å². The van der Waals surface area contributed by atoms with Crippen LogP contribution in [0.25, 0.3) is 10.2 Å². The van der Waals surface area contributed by atoms with Gasteiger partial charge in [-0.2, -0.15) is 0 Å². The third-order valence-electron chi connectivity index (χ3n) is 4.26. The van der Waals surface area contributed by atoms with Crippen LogP contribution in [-0.4, -0.2) is 59.0 Å². The topological polar surface area (TPSA) is 80.2 Å². The lowest BCUT2D eigenvalue weighted by molar-refractivity contribution is -0.130. The number of hydrogen-bond donors (Lipinski definition) is 0. The number of thiophene rings is 1. The van der Waals surface area contributed by atoms with Gasteiger partial charge in [0.1, 0.15) is 11.4 Å². The van der Waals surface area contributed by atoms with Crippen LogP contribution >= 0.6 is 23.1 Å². The molecule has 0 N–H and O–H groups in total. The molecule has 0 spiro atoms. The van der Waals surface area contributed by atoms with Crippen molar-refractivity contribution < 1.29 is 13.2 Å². The number of rotatable bonds is 7. The SMILES string of the molecule is CCCCN(C(=O)CSc1ncnc2ccsc12)C1CCS(=O)(=O)C1. The molecule has 136 valence electrons. The van der Waals surface area contributed by atoms with Crippen LogP contribution in [0.5, 0.6) is 0 Å². The van der Waals surface area contributed by atoms with Gasteiger partial charge in [0.25, 0.3) is 0 Å². The number of hydrogen-bond acceptors (Lipinski definition) is 7. The number of thioether (sulfide) groups is 1. The molecule has 1 unspecified atom stereocenters. The monoisotopic (exact) mass is 399 g/mol. The van der Waals surface area contributed by atoms with Crippen molar-refractivity contribution in [2.75, 3.05) is 23.8 Å². The molecule has 0 aliphatic carbocycles. The molecule has 1 aliphatic rings. The Morgan fingerprint density at radius 1 is 1.44 bits per heavy atom. The molecule has 1 fully saturated rings. The third kappa shape index (κ3) is 4.51. The van der Waals surface area contributed by atoms with E-state index >= 15 is 0 Å². The number of amides is 1. The zero-order valence-electron chi connectivity index (χ0n) is 14.1. The summed E-state index contributed by atoms with van der Waals surface area (Å²) >= 11 is 2.96. The first-order valence-corrected chi connectivity index (χ1v) is 12.0. The fraction of sp³-hybridized carbons (Fsp3) is 0.562. The fourth-order valence-electron chi connectivity index (χ4n) is 2.94. The molecule has 1 aliphatic heterocycles. The van der Waals surface area contributed by atoms with E-state index in [1.54, 1.807) is 16.2 Å². The normalized spacial score (nSPS) is 19.3. The first-order valence-electron chi connectivity index (χ1n) is 8.31. The minimum Gasteiger partial charge on any atom is -0.338 e. The van der Waals surface area contributed by atoms with Crippen molar-refractivity contribution in [1.82, 2.24) is 14.9 Å². The van der Waals surface area contributed by atoms with E-state index in [4.69, 9.17) is 0 Å². The Morgan fingerprint density at radius 3 is 3.00 bits per heavy atom. The summed E-state index contributed by atoms with van der Waals surface area (Å²) in [4.78, 5) is 23.0. The van der Waals surface area contributed by atoms with Crippen LogP contribution in [0.1, 0.15) is 26.2 Å². The average Bonchev–Trinajstić information content (AvgIpc) is 3.19. The fourth-order valence-corrected chi connectivity index (χ4v) is 6.51. The molecule has 6 nitrogen and oxygen atoms in total. The van der Waals surface area contributed by atoms with Crippen LogP contribution in [0.3, 0.4) is 0 Å². The largest absolute Gasteiger partial charge is 0.338 e. The highest BCUT2D eigenvalue weighted by atomic mass is 32.2. The lowest BCUT2D eigenvalue weighted by Crippen LogP contribution is -2.42. The first-order chi connectivity index (χ1) is 12.0. The molecule has 1 saturated heterocycles. The molecule has 2 aromatic heterocycles. The number of carbonyl (C=O) groups is 1. The van der Waals surface area contributed by atoms with Gasteiger partial charge in [0.15, 0.2) is 9.84 Å². The molecule has 0 saturated carbocycles. The molecule has 0 radical (unpaired) electrons. The number of fused-ring (bicyclic) bond motifs is 1. The van der Waals surface area contributed by atoms with E-state index in [0.29, 0.717) is 13.0 Å². The number of carbonyl (C=O) groups excluding carboxylic acids is 1. The van der Waals surface area contributed by atoms with Gasteiger partial charge in [0, 0.05) is 12.6 Å². The quantitative estimate of drug-likeness (QED) is 0.526. The Labute approximate surface area is 156 Å². The van der Waals surface area contributed by atoms with Crippen molar-refractivity contribution in [3.63, 3.8) is 0 Å². The van der Waals surface area contributed by atoms with Crippen LogP contribution in [0.15, 0.2) is 22.8 Å². The Bertz CT molecular complexity index is 850. The molecule has 3 heterocycles. The van der Waals surface area contributed by atoms with Gasteiger partial charge in [0.2, 0.25) is 5.91 Å². The van der Waals surface area contributed by atoms with Gasteiger partial charge >= 0.3 is 0 Å². The summed E-state index contributed by atoms with van der Waals surface area (Å²) < 4.78 is 24.5. The first kappa shape index (κ1) is 18.6.